The molecule has 138 valence electrons. The number of nitrogens with one attached hydrogen (secondary N) is 1. The first-order valence-corrected chi connectivity index (χ1v) is 10.2. The fraction of sp³-hybridized carbons (Fsp3) is 0.556. The second kappa shape index (κ2) is 10.6. The van der Waals surface area contributed by atoms with Crippen molar-refractivity contribution in [1.29, 1.82) is 0 Å². The van der Waals surface area contributed by atoms with Crippen molar-refractivity contribution in [2.45, 2.75) is 32.6 Å². The van der Waals surface area contributed by atoms with Crippen LogP contribution in [-0.2, 0) is 9.59 Å². The van der Waals surface area contributed by atoms with Gasteiger partial charge in [0.15, 0.2) is 0 Å². The summed E-state index contributed by atoms with van der Waals surface area (Å²) in [5.41, 5.74) is 0.678. The predicted octanol–water partition coefficient (Wildman–Crippen LogP) is 3.50. The first kappa shape index (κ1) is 19.9. The number of ether oxygens (including phenoxy) is 1. The number of thioether (sulfide) groups is 1. The molecule has 0 spiro atoms. The van der Waals surface area contributed by atoms with Gasteiger partial charge in [0.2, 0.25) is 11.8 Å². The SMILES string of the molecule is CCCSCCCNC(=O)CCC(=O)N1CCOc2ccc(Cl)cc21. The molecule has 2 amide bonds. The number of nitrogens with zero attached hydrogens (tertiary/aromatic N) is 1. The van der Waals surface area contributed by atoms with Crippen LogP contribution in [0.1, 0.15) is 32.6 Å². The number of amides is 2. The molecule has 5 nitrogen and oxygen atoms in total. The molecule has 0 bridgehead atoms. The van der Waals surface area contributed by atoms with E-state index in [2.05, 4.69) is 12.2 Å². The summed E-state index contributed by atoms with van der Waals surface area (Å²) in [6.07, 6.45) is 2.52. The summed E-state index contributed by atoms with van der Waals surface area (Å²) in [5, 5.41) is 3.43. The third-order valence-electron chi connectivity index (χ3n) is 3.79. The molecule has 1 aliphatic heterocycles. The summed E-state index contributed by atoms with van der Waals surface area (Å²) in [6, 6.07) is 5.23. The number of hydrogen-bond donors (Lipinski definition) is 1. The topological polar surface area (TPSA) is 58.6 Å². The maximum absolute atomic E-state index is 12.5. The van der Waals surface area contributed by atoms with E-state index in [1.807, 2.05) is 11.8 Å². The molecule has 0 fully saturated rings. The Balaban J connectivity index is 1.74. The molecule has 0 radical (unpaired) electrons. The molecular weight excluding hydrogens is 360 g/mol. The van der Waals surface area contributed by atoms with Crippen LogP contribution in [0.3, 0.4) is 0 Å². The lowest BCUT2D eigenvalue weighted by molar-refractivity contribution is -0.125. The van der Waals surface area contributed by atoms with Gasteiger partial charge in [0.1, 0.15) is 12.4 Å². The van der Waals surface area contributed by atoms with Crippen LogP contribution in [-0.4, -0.2) is 43.0 Å². The highest BCUT2D eigenvalue weighted by Crippen LogP contribution is 2.34. The number of fused-ring (bicyclic) bond motifs is 1. The van der Waals surface area contributed by atoms with Crippen LogP contribution in [0.4, 0.5) is 5.69 Å². The fourth-order valence-electron chi connectivity index (χ4n) is 2.54. The minimum Gasteiger partial charge on any atom is -0.490 e. The Hall–Kier alpha value is -1.40. The van der Waals surface area contributed by atoms with E-state index in [-0.39, 0.29) is 24.7 Å². The Labute approximate surface area is 158 Å². The third-order valence-corrected chi connectivity index (χ3v) is 5.30. The van der Waals surface area contributed by atoms with Crippen molar-refractivity contribution in [2.75, 3.05) is 36.1 Å². The quantitative estimate of drug-likeness (QED) is 0.662. The van der Waals surface area contributed by atoms with Gasteiger partial charge >= 0.3 is 0 Å². The minimum atomic E-state index is -0.0829. The van der Waals surface area contributed by atoms with Crippen molar-refractivity contribution in [3.8, 4) is 5.75 Å². The summed E-state index contributed by atoms with van der Waals surface area (Å²) in [7, 11) is 0. The van der Waals surface area contributed by atoms with Gasteiger partial charge in [0.05, 0.1) is 12.2 Å². The van der Waals surface area contributed by atoms with E-state index in [4.69, 9.17) is 16.3 Å². The van der Waals surface area contributed by atoms with Gasteiger partial charge in [-0.05, 0) is 42.5 Å². The first-order valence-electron chi connectivity index (χ1n) is 8.69. The van der Waals surface area contributed by atoms with Crippen molar-refractivity contribution in [1.82, 2.24) is 5.32 Å². The zero-order valence-corrected chi connectivity index (χ0v) is 16.1. The average Bonchev–Trinajstić information content (AvgIpc) is 2.62. The number of carbonyl (C=O) groups excluding carboxylic acids is 2. The summed E-state index contributed by atoms with van der Waals surface area (Å²) in [6.45, 7) is 3.75. The normalized spacial score (nSPS) is 13.1. The maximum Gasteiger partial charge on any atom is 0.227 e. The number of benzene rings is 1. The molecule has 1 N–H and O–H groups in total. The number of anilines is 1. The lowest BCUT2D eigenvalue weighted by atomic mass is 10.2. The van der Waals surface area contributed by atoms with E-state index in [0.29, 0.717) is 36.2 Å². The second-order valence-corrected chi connectivity index (χ2v) is 7.48. The number of rotatable bonds is 9. The molecule has 0 unspecified atom stereocenters. The molecule has 1 aromatic carbocycles. The Kier molecular flexibility index (Phi) is 8.41. The lowest BCUT2D eigenvalue weighted by Crippen LogP contribution is -2.38. The van der Waals surface area contributed by atoms with E-state index < -0.39 is 0 Å². The number of carbonyl (C=O) groups is 2. The van der Waals surface area contributed by atoms with Gasteiger partial charge in [-0.2, -0.15) is 11.8 Å². The summed E-state index contributed by atoms with van der Waals surface area (Å²) >= 11 is 7.92. The van der Waals surface area contributed by atoms with Gasteiger partial charge in [0.25, 0.3) is 0 Å². The lowest BCUT2D eigenvalue weighted by Gasteiger charge is -2.29. The number of hydrogen-bond acceptors (Lipinski definition) is 4. The Morgan fingerprint density at radius 2 is 2.16 bits per heavy atom. The average molecular weight is 385 g/mol. The number of halogens is 1. The molecule has 0 saturated heterocycles. The smallest absolute Gasteiger partial charge is 0.227 e. The van der Waals surface area contributed by atoms with Crippen LogP contribution in [0, 0.1) is 0 Å². The predicted molar refractivity (Wildman–Crippen MR) is 104 cm³/mol. The van der Waals surface area contributed by atoms with Gasteiger partial charge < -0.3 is 15.0 Å². The van der Waals surface area contributed by atoms with Crippen molar-refractivity contribution < 1.29 is 14.3 Å². The van der Waals surface area contributed by atoms with Gasteiger partial charge in [-0.1, -0.05) is 18.5 Å². The molecule has 0 saturated carbocycles. The summed E-state index contributed by atoms with van der Waals surface area (Å²) < 4.78 is 5.54. The van der Waals surface area contributed by atoms with Crippen molar-refractivity contribution in [2.24, 2.45) is 0 Å². The van der Waals surface area contributed by atoms with Gasteiger partial charge in [-0.25, -0.2) is 0 Å². The fourth-order valence-corrected chi connectivity index (χ4v) is 3.55. The first-order chi connectivity index (χ1) is 12.1. The molecule has 7 heteroatoms. The van der Waals surface area contributed by atoms with Crippen LogP contribution in [0.5, 0.6) is 5.75 Å². The van der Waals surface area contributed by atoms with E-state index in [9.17, 15) is 9.59 Å². The molecule has 1 heterocycles. The zero-order chi connectivity index (χ0) is 18.1. The van der Waals surface area contributed by atoms with Crippen LogP contribution < -0.4 is 15.0 Å². The van der Waals surface area contributed by atoms with E-state index in [0.717, 1.165) is 17.9 Å². The molecule has 25 heavy (non-hydrogen) atoms. The molecule has 0 aromatic heterocycles. The third kappa shape index (κ3) is 6.44. The highest BCUT2D eigenvalue weighted by atomic mass is 35.5. The monoisotopic (exact) mass is 384 g/mol. The van der Waals surface area contributed by atoms with E-state index in [1.165, 1.54) is 6.42 Å². The van der Waals surface area contributed by atoms with Gasteiger partial charge in [-0.3, -0.25) is 9.59 Å². The van der Waals surface area contributed by atoms with Gasteiger partial charge in [-0.15, -0.1) is 0 Å². The Morgan fingerprint density at radius 3 is 2.96 bits per heavy atom. The molecule has 1 aromatic rings. The molecule has 0 aliphatic carbocycles. The van der Waals surface area contributed by atoms with Crippen LogP contribution in [0.15, 0.2) is 18.2 Å². The highest BCUT2D eigenvalue weighted by Gasteiger charge is 2.24. The molecule has 2 rings (SSSR count). The Morgan fingerprint density at radius 1 is 1.32 bits per heavy atom. The van der Waals surface area contributed by atoms with Crippen molar-refractivity contribution >= 4 is 40.9 Å². The zero-order valence-electron chi connectivity index (χ0n) is 14.6. The molecule has 0 atom stereocenters. The standard InChI is InChI=1S/C18H25ClN2O3S/c1-2-11-25-12-3-8-20-17(22)6-7-18(23)21-9-10-24-16-5-4-14(19)13-15(16)21/h4-5,13H,2-3,6-12H2,1H3,(H,20,22). The second-order valence-electron chi connectivity index (χ2n) is 5.82. The largest absolute Gasteiger partial charge is 0.490 e. The molecule has 1 aliphatic rings. The summed E-state index contributed by atoms with van der Waals surface area (Å²) in [5.74, 6) is 2.71. The van der Waals surface area contributed by atoms with Crippen LogP contribution in [0.2, 0.25) is 5.02 Å². The Bertz CT molecular complexity index is 598. The van der Waals surface area contributed by atoms with E-state index in [1.54, 1.807) is 23.1 Å². The van der Waals surface area contributed by atoms with E-state index >= 15 is 0 Å². The van der Waals surface area contributed by atoms with Crippen LogP contribution >= 0.6 is 23.4 Å². The van der Waals surface area contributed by atoms with Crippen molar-refractivity contribution in [3.05, 3.63) is 23.2 Å². The minimum absolute atomic E-state index is 0.0755. The highest BCUT2D eigenvalue weighted by molar-refractivity contribution is 7.99. The molecular formula is C18H25ClN2O3S. The van der Waals surface area contributed by atoms with Crippen molar-refractivity contribution in [3.63, 3.8) is 0 Å². The van der Waals surface area contributed by atoms with Crippen LogP contribution in [0.25, 0.3) is 0 Å². The maximum atomic E-state index is 12.5. The van der Waals surface area contributed by atoms with Gasteiger partial charge in [0, 0.05) is 24.4 Å². The summed E-state index contributed by atoms with van der Waals surface area (Å²) in [4.78, 5) is 26.0.